The molecular formula is C19H18N2. The average Bonchev–Trinajstić information content (AvgIpc) is 2.52. The number of hydrogen-bond donors (Lipinski definition) is 1. The lowest BCUT2D eigenvalue weighted by Crippen LogP contribution is -2.31. The lowest BCUT2D eigenvalue weighted by Gasteiger charge is -2.36. The van der Waals surface area contributed by atoms with Crippen molar-refractivity contribution in [1.29, 1.82) is 0 Å². The molecule has 2 aromatic carbocycles. The Morgan fingerprint density at radius 3 is 2.86 bits per heavy atom. The summed E-state index contributed by atoms with van der Waals surface area (Å²) in [5.74, 6) is 0.562. The van der Waals surface area contributed by atoms with Crippen molar-refractivity contribution in [1.82, 2.24) is 10.3 Å². The first kappa shape index (κ1) is 12.5. The Kier molecular flexibility index (Phi) is 2.97. The monoisotopic (exact) mass is 274 g/mol. The molecule has 1 aliphatic rings. The van der Waals surface area contributed by atoms with Gasteiger partial charge in [-0.1, -0.05) is 42.5 Å². The quantitative estimate of drug-likeness (QED) is 0.785. The molecule has 0 radical (unpaired) electrons. The third kappa shape index (κ3) is 2.03. The van der Waals surface area contributed by atoms with Gasteiger partial charge in [0, 0.05) is 23.5 Å². The topological polar surface area (TPSA) is 24.9 Å². The fourth-order valence-electron chi connectivity index (χ4n) is 3.47. The van der Waals surface area contributed by atoms with Gasteiger partial charge >= 0.3 is 0 Å². The van der Waals surface area contributed by atoms with Crippen LogP contribution in [0.15, 0.2) is 60.8 Å². The SMILES string of the molecule is CNC(c1ccc2cccnc2c1)C1Cc2ccccc21. The van der Waals surface area contributed by atoms with E-state index >= 15 is 0 Å². The number of likely N-dealkylation sites (N-methyl/N-ethyl adjacent to an activating group) is 1. The van der Waals surface area contributed by atoms with E-state index in [1.807, 2.05) is 19.3 Å². The summed E-state index contributed by atoms with van der Waals surface area (Å²) in [5, 5.41) is 4.70. The van der Waals surface area contributed by atoms with E-state index in [1.54, 1.807) is 0 Å². The molecule has 0 spiro atoms. The maximum absolute atomic E-state index is 4.48. The summed E-state index contributed by atoms with van der Waals surface area (Å²) in [6.07, 6.45) is 3.01. The first-order valence-corrected chi connectivity index (χ1v) is 7.46. The molecule has 1 N–H and O–H groups in total. The normalized spacial score (nSPS) is 18.0. The molecule has 104 valence electrons. The zero-order chi connectivity index (χ0) is 14.2. The minimum absolute atomic E-state index is 0.353. The van der Waals surface area contributed by atoms with Gasteiger partial charge in [-0.3, -0.25) is 4.98 Å². The summed E-state index contributed by atoms with van der Waals surface area (Å²) in [7, 11) is 2.05. The Morgan fingerprint density at radius 1 is 1.10 bits per heavy atom. The smallest absolute Gasteiger partial charge is 0.0705 e. The molecule has 1 aliphatic carbocycles. The second-order valence-corrected chi connectivity index (χ2v) is 5.73. The summed E-state index contributed by atoms with van der Waals surface area (Å²) in [6.45, 7) is 0. The van der Waals surface area contributed by atoms with E-state index in [1.165, 1.54) is 22.1 Å². The summed E-state index contributed by atoms with van der Waals surface area (Å²) in [6, 6.07) is 19.8. The van der Waals surface area contributed by atoms with Crippen LogP contribution in [-0.4, -0.2) is 12.0 Å². The van der Waals surface area contributed by atoms with Crippen LogP contribution in [0.5, 0.6) is 0 Å². The molecule has 21 heavy (non-hydrogen) atoms. The molecule has 2 atom stereocenters. The number of nitrogens with zero attached hydrogens (tertiary/aromatic N) is 1. The van der Waals surface area contributed by atoms with Crippen molar-refractivity contribution in [3.8, 4) is 0 Å². The number of nitrogens with one attached hydrogen (secondary N) is 1. The summed E-state index contributed by atoms with van der Waals surface area (Å²) in [5.41, 5.74) is 5.37. The van der Waals surface area contributed by atoms with Crippen LogP contribution in [0.1, 0.15) is 28.7 Å². The third-order valence-electron chi connectivity index (χ3n) is 4.60. The highest BCUT2D eigenvalue weighted by Crippen LogP contribution is 2.43. The van der Waals surface area contributed by atoms with E-state index in [2.05, 4.69) is 58.8 Å². The van der Waals surface area contributed by atoms with Gasteiger partial charge in [0.15, 0.2) is 0 Å². The zero-order valence-electron chi connectivity index (χ0n) is 12.1. The minimum Gasteiger partial charge on any atom is -0.312 e. The first-order valence-electron chi connectivity index (χ1n) is 7.46. The Bertz CT molecular complexity index is 794. The number of benzene rings is 2. The Morgan fingerprint density at radius 2 is 2.00 bits per heavy atom. The van der Waals surface area contributed by atoms with Gasteiger partial charge in [0.25, 0.3) is 0 Å². The number of fused-ring (bicyclic) bond motifs is 2. The number of rotatable bonds is 3. The van der Waals surface area contributed by atoms with Crippen LogP contribution >= 0.6 is 0 Å². The third-order valence-corrected chi connectivity index (χ3v) is 4.60. The molecule has 2 heteroatoms. The van der Waals surface area contributed by atoms with Gasteiger partial charge < -0.3 is 5.32 Å². The predicted molar refractivity (Wildman–Crippen MR) is 86.4 cm³/mol. The molecule has 0 saturated heterocycles. The molecule has 1 heterocycles. The Labute approximate surface area is 124 Å². The van der Waals surface area contributed by atoms with Crippen LogP contribution in [-0.2, 0) is 6.42 Å². The maximum atomic E-state index is 4.48. The minimum atomic E-state index is 0.353. The molecule has 3 aromatic rings. The predicted octanol–water partition coefficient (Wildman–Crippen LogP) is 3.84. The molecule has 0 amide bonds. The molecule has 4 rings (SSSR count). The van der Waals surface area contributed by atoms with Gasteiger partial charge in [-0.2, -0.15) is 0 Å². The number of hydrogen-bond acceptors (Lipinski definition) is 2. The molecular weight excluding hydrogens is 256 g/mol. The molecule has 0 aliphatic heterocycles. The second kappa shape index (κ2) is 4.97. The fraction of sp³-hybridized carbons (Fsp3) is 0.211. The molecule has 0 saturated carbocycles. The molecule has 2 unspecified atom stereocenters. The summed E-state index contributed by atoms with van der Waals surface area (Å²) >= 11 is 0. The van der Waals surface area contributed by atoms with Crippen LogP contribution in [0.3, 0.4) is 0 Å². The number of pyridine rings is 1. The van der Waals surface area contributed by atoms with Gasteiger partial charge in [0.1, 0.15) is 0 Å². The molecule has 0 fully saturated rings. The van der Waals surface area contributed by atoms with Crippen LogP contribution in [0.25, 0.3) is 10.9 Å². The van der Waals surface area contributed by atoms with Crippen molar-refractivity contribution in [3.05, 3.63) is 77.5 Å². The van der Waals surface area contributed by atoms with E-state index in [-0.39, 0.29) is 0 Å². The Balaban J connectivity index is 1.72. The first-order chi connectivity index (χ1) is 10.4. The standard InChI is InChI=1S/C19H18N2/c1-20-19(17-11-14-5-2-3-7-16(14)17)15-9-8-13-6-4-10-21-18(13)12-15/h2-10,12,17,19-20H,11H2,1H3. The van der Waals surface area contributed by atoms with Crippen molar-refractivity contribution in [2.24, 2.45) is 0 Å². The van der Waals surface area contributed by atoms with E-state index < -0.39 is 0 Å². The molecule has 1 aromatic heterocycles. The van der Waals surface area contributed by atoms with Crippen molar-refractivity contribution >= 4 is 10.9 Å². The lowest BCUT2D eigenvalue weighted by atomic mass is 9.71. The van der Waals surface area contributed by atoms with Crippen molar-refractivity contribution in [3.63, 3.8) is 0 Å². The lowest BCUT2D eigenvalue weighted by molar-refractivity contribution is 0.439. The van der Waals surface area contributed by atoms with Crippen molar-refractivity contribution < 1.29 is 0 Å². The van der Waals surface area contributed by atoms with Crippen LogP contribution < -0.4 is 5.32 Å². The van der Waals surface area contributed by atoms with E-state index in [9.17, 15) is 0 Å². The molecule has 0 bridgehead atoms. The van der Waals surface area contributed by atoms with Crippen LogP contribution in [0, 0.1) is 0 Å². The van der Waals surface area contributed by atoms with Gasteiger partial charge in [-0.15, -0.1) is 0 Å². The van der Waals surface area contributed by atoms with Crippen LogP contribution in [0.4, 0.5) is 0 Å². The largest absolute Gasteiger partial charge is 0.312 e. The van der Waals surface area contributed by atoms with Gasteiger partial charge in [0.2, 0.25) is 0 Å². The van der Waals surface area contributed by atoms with Crippen molar-refractivity contribution in [2.75, 3.05) is 7.05 Å². The summed E-state index contributed by atoms with van der Waals surface area (Å²) < 4.78 is 0. The van der Waals surface area contributed by atoms with Gasteiger partial charge in [0.05, 0.1) is 5.52 Å². The summed E-state index contributed by atoms with van der Waals surface area (Å²) in [4.78, 5) is 4.48. The van der Waals surface area contributed by atoms with E-state index in [0.29, 0.717) is 12.0 Å². The number of aromatic nitrogens is 1. The van der Waals surface area contributed by atoms with Crippen molar-refractivity contribution in [2.45, 2.75) is 18.4 Å². The average molecular weight is 274 g/mol. The maximum Gasteiger partial charge on any atom is 0.0705 e. The highest BCUT2D eigenvalue weighted by atomic mass is 14.9. The highest BCUT2D eigenvalue weighted by Gasteiger charge is 2.32. The fourth-order valence-corrected chi connectivity index (χ4v) is 3.47. The Hall–Kier alpha value is -2.19. The molecule has 2 nitrogen and oxygen atoms in total. The van der Waals surface area contributed by atoms with Gasteiger partial charge in [-0.05, 0) is 42.3 Å². The van der Waals surface area contributed by atoms with Gasteiger partial charge in [-0.25, -0.2) is 0 Å². The second-order valence-electron chi connectivity index (χ2n) is 5.73. The van der Waals surface area contributed by atoms with E-state index in [4.69, 9.17) is 0 Å². The van der Waals surface area contributed by atoms with Crippen LogP contribution in [0.2, 0.25) is 0 Å². The highest BCUT2D eigenvalue weighted by molar-refractivity contribution is 5.79. The van der Waals surface area contributed by atoms with E-state index in [0.717, 1.165) is 11.9 Å². The zero-order valence-corrected chi connectivity index (χ0v) is 12.1.